The van der Waals surface area contributed by atoms with Crippen molar-refractivity contribution in [3.63, 3.8) is 0 Å². The molecule has 0 saturated carbocycles. The maximum Gasteiger partial charge on any atom is -0.153 e. The van der Waals surface area contributed by atoms with Gasteiger partial charge in [0.2, 0.25) is 0 Å². The third kappa shape index (κ3) is 1390. The molecule has 0 spiro atoms. The van der Waals surface area contributed by atoms with Gasteiger partial charge in [-0.3, -0.25) is 0 Å². The van der Waals surface area contributed by atoms with Crippen LogP contribution in [0, 0.1) is 0 Å². The fourth-order valence-corrected chi connectivity index (χ4v) is 0. The van der Waals surface area contributed by atoms with Crippen molar-refractivity contribution in [2.45, 2.75) is 0 Å². The molecule has 2 unspecified atom stereocenters. The van der Waals surface area contributed by atoms with Gasteiger partial charge < -0.3 is 0 Å². The van der Waals surface area contributed by atoms with Crippen LogP contribution in [0.1, 0.15) is 0 Å². The van der Waals surface area contributed by atoms with E-state index in [-0.39, 0.29) is 19.8 Å². The molecule has 2 atom stereocenters. The van der Waals surface area contributed by atoms with E-state index in [0.717, 1.165) is 0 Å². The molecule has 0 heterocycles. The van der Waals surface area contributed by atoms with Crippen LogP contribution in [0.3, 0.4) is 0 Å². The largest absolute Gasteiger partial charge is 0.153 e. The molecule has 0 saturated heterocycles. The first-order chi connectivity index (χ1) is 6.00. The molecule has 0 aliphatic rings. The zero-order valence-corrected chi connectivity index (χ0v) is 17.6. The molecule has 0 bridgehead atoms. The van der Waals surface area contributed by atoms with Crippen molar-refractivity contribution >= 4 is 76.7 Å². The molecule has 112 valence electrons. The van der Waals surface area contributed by atoms with E-state index in [4.69, 9.17) is 39.5 Å². The van der Waals surface area contributed by atoms with Crippen molar-refractivity contribution in [3.05, 3.63) is 0 Å². The van der Waals surface area contributed by atoms with E-state index in [1.807, 2.05) is 0 Å². The van der Waals surface area contributed by atoms with Crippen LogP contribution in [0.5, 0.6) is 0 Å². The summed E-state index contributed by atoms with van der Waals surface area (Å²) in [6.45, 7) is 0. The quantitative estimate of drug-likeness (QED) is 0.107. The zero-order valence-electron chi connectivity index (χ0n) is 7.77. The van der Waals surface area contributed by atoms with Crippen LogP contribution in [0.25, 0.3) is 0 Å². The molecular weight excluding hydrogens is 637 g/mol. The van der Waals surface area contributed by atoms with Gasteiger partial charge in [-0.2, -0.15) is 19.8 Å². The Morgan fingerprint density at radius 3 is 0.412 bits per heavy atom. The standard InChI is InChI=1S/3H2O4Te.2H3P/c3*1-5(2,3)4;;/h3*(H2,1,2,3,4);2*1H3. The normalized spacial score (nSPS) is 10.2. The van der Waals surface area contributed by atoms with Gasteiger partial charge in [0.05, 0.1) is 0 Å². The molecule has 12 nitrogen and oxygen atoms in total. The second-order valence-corrected chi connectivity index (χ2v) is 9.01. The van der Waals surface area contributed by atoms with E-state index >= 15 is 0 Å². The first-order valence-electron chi connectivity index (χ1n) is 2.10. The van der Waals surface area contributed by atoms with E-state index in [2.05, 4.69) is 0 Å². The fourth-order valence-electron chi connectivity index (χ4n) is 0. The minimum absolute atomic E-state index is 0. The van der Waals surface area contributed by atoms with Gasteiger partial charge in [0.25, 0.3) is 0 Å². The Morgan fingerprint density at radius 2 is 0.412 bits per heavy atom. The van der Waals surface area contributed by atoms with Gasteiger partial charge in [-0.1, -0.05) is 0 Å². The summed E-state index contributed by atoms with van der Waals surface area (Å²) in [4.78, 5) is 0. The van der Waals surface area contributed by atoms with E-state index in [1.165, 1.54) is 0 Å². The average Bonchev–Trinajstić information content (AvgIpc) is 1.41. The maximum absolute atomic E-state index is 8.85. The average molecular weight is 649 g/mol. The van der Waals surface area contributed by atoms with Crippen molar-refractivity contribution in [2.75, 3.05) is 0 Å². The predicted molar refractivity (Wildman–Crippen MR) is 56.9 cm³/mol. The summed E-state index contributed by atoms with van der Waals surface area (Å²) >= 11 is -16.6. The minimum Gasteiger partial charge on any atom is -0.153 e. The molecular formula is H12O12P2Te3. The monoisotopic (exact) mass is 656 g/mol. The molecule has 0 fully saturated rings. The fraction of sp³-hybridized carbons (Fsp3) is 0. The molecule has 0 aromatic heterocycles. The van der Waals surface area contributed by atoms with E-state index in [9.17, 15) is 0 Å². The molecule has 0 aliphatic heterocycles. The molecule has 0 aliphatic carbocycles. The van der Waals surface area contributed by atoms with Crippen LogP contribution < -0.4 is 0 Å². The van der Waals surface area contributed by atoms with Crippen molar-refractivity contribution in [1.29, 1.82) is 0 Å². The van der Waals surface area contributed by atoms with Crippen LogP contribution in [0.15, 0.2) is 0 Å². The van der Waals surface area contributed by atoms with Gasteiger partial charge in [0.15, 0.2) is 0 Å². The van der Waals surface area contributed by atoms with E-state index in [0.29, 0.717) is 0 Å². The summed E-state index contributed by atoms with van der Waals surface area (Å²) < 4.78 is 96.0. The minimum atomic E-state index is -5.52. The summed E-state index contributed by atoms with van der Waals surface area (Å²) in [5.41, 5.74) is 0. The summed E-state index contributed by atoms with van der Waals surface area (Å²) in [5, 5.41) is 0. The van der Waals surface area contributed by atoms with Crippen molar-refractivity contribution in [1.82, 2.24) is 0 Å². The van der Waals surface area contributed by atoms with Crippen molar-refractivity contribution < 1.29 is 39.5 Å². The predicted octanol–water partition coefficient (Wildman–Crippen LogP) is -5.08. The first-order valence-corrected chi connectivity index (χ1v) is 14.1. The summed E-state index contributed by atoms with van der Waals surface area (Å²) in [5.74, 6) is 0. The van der Waals surface area contributed by atoms with Crippen molar-refractivity contribution in [2.24, 2.45) is 0 Å². The molecule has 0 aromatic rings. The first kappa shape index (κ1) is 31.3. The summed E-state index contributed by atoms with van der Waals surface area (Å²) in [7, 11) is 0. The molecule has 0 aromatic carbocycles. The Kier molecular flexibility index (Phi) is 23.6. The van der Waals surface area contributed by atoms with Gasteiger partial charge in [-0.15, -0.1) is 0 Å². The molecule has 0 rings (SSSR count). The SMILES string of the molecule is O=[Te](=O)(O)O.O=[Te](=O)(O)O.O=[Te](=O)(O)O.P.P. The van der Waals surface area contributed by atoms with Crippen LogP contribution in [-0.4, -0.2) is 77.7 Å². The summed E-state index contributed by atoms with van der Waals surface area (Å²) in [6.07, 6.45) is 0. The topological polar surface area (TPSA) is 224 Å². The third-order valence-corrected chi connectivity index (χ3v) is 0. The molecule has 6 N–H and O–H groups in total. The van der Waals surface area contributed by atoms with Crippen LogP contribution in [-0.2, 0) is 18.6 Å². The van der Waals surface area contributed by atoms with Crippen LogP contribution >= 0.6 is 19.8 Å². The van der Waals surface area contributed by atoms with Crippen molar-refractivity contribution in [3.8, 4) is 0 Å². The van der Waals surface area contributed by atoms with Gasteiger partial charge in [-0.05, 0) is 0 Å². The number of hydrogen-bond acceptors (Lipinski definition) is 6. The van der Waals surface area contributed by atoms with Crippen LogP contribution in [0.4, 0.5) is 0 Å². The van der Waals surface area contributed by atoms with E-state index in [1.54, 1.807) is 0 Å². The maximum atomic E-state index is 8.85. The number of rotatable bonds is 0. The summed E-state index contributed by atoms with van der Waals surface area (Å²) in [6, 6.07) is 0. The van der Waals surface area contributed by atoms with Gasteiger partial charge >= 0.3 is 96.4 Å². The molecule has 17 heavy (non-hydrogen) atoms. The van der Waals surface area contributed by atoms with Gasteiger partial charge in [-0.25, -0.2) is 0 Å². The second-order valence-electron chi connectivity index (χ2n) is 1.34. The Morgan fingerprint density at radius 1 is 0.412 bits per heavy atom. The Hall–Kier alpha value is 1.79. The Labute approximate surface area is 115 Å². The van der Waals surface area contributed by atoms with E-state index < -0.39 is 56.9 Å². The molecule has 0 amide bonds. The molecule has 0 radical (unpaired) electrons. The Balaban J connectivity index is -0.0000000400. The van der Waals surface area contributed by atoms with Gasteiger partial charge in [0.1, 0.15) is 0 Å². The second kappa shape index (κ2) is 12.8. The zero-order chi connectivity index (χ0) is 13.5. The van der Waals surface area contributed by atoms with Gasteiger partial charge in [0, 0.05) is 0 Å². The number of hydrogen-bond donors (Lipinski definition) is 6. The molecule has 17 heteroatoms. The smallest absolute Gasteiger partial charge is 0.153 e. The third-order valence-electron chi connectivity index (χ3n) is 0. The Bertz CT molecular complexity index is 341. The van der Waals surface area contributed by atoms with Crippen LogP contribution in [0.2, 0.25) is 0 Å².